The van der Waals surface area contributed by atoms with E-state index in [2.05, 4.69) is 5.32 Å². The standard InChI is InChI=1S/C12H22N2O3/c1-3-13-10(15)6-8-14-7-4-5-9(2)11(14)12(16)17/h9,11H,3-8H2,1-2H3,(H,13,15)(H,16,17). The molecule has 0 saturated carbocycles. The van der Waals surface area contributed by atoms with Crippen molar-refractivity contribution in [2.75, 3.05) is 19.6 Å². The zero-order valence-electron chi connectivity index (χ0n) is 10.6. The molecule has 1 fully saturated rings. The van der Waals surface area contributed by atoms with Gasteiger partial charge >= 0.3 is 5.97 Å². The Bertz CT molecular complexity index is 281. The number of hydrogen-bond acceptors (Lipinski definition) is 3. The molecule has 0 aromatic heterocycles. The predicted octanol–water partition coefficient (Wildman–Crippen LogP) is 0.698. The number of hydrogen-bond donors (Lipinski definition) is 2. The van der Waals surface area contributed by atoms with Gasteiger partial charge in [0.15, 0.2) is 0 Å². The first-order chi connectivity index (χ1) is 8.06. The summed E-state index contributed by atoms with van der Waals surface area (Å²) < 4.78 is 0. The van der Waals surface area contributed by atoms with E-state index in [1.165, 1.54) is 0 Å². The van der Waals surface area contributed by atoms with Crippen LogP contribution in [0.25, 0.3) is 0 Å². The number of likely N-dealkylation sites (tertiary alicyclic amines) is 1. The number of aliphatic carboxylic acids is 1. The minimum Gasteiger partial charge on any atom is -0.480 e. The second-order valence-electron chi connectivity index (χ2n) is 4.64. The summed E-state index contributed by atoms with van der Waals surface area (Å²) in [6, 6.07) is -0.432. The molecule has 1 amide bonds. The monoisotopic (exact) mass is 242 g/mol. The van der Waals surface area contributed by atoms with E-state index in [1.54, 1.807) is 0 Å². The highest BCUT2D eigenvalue weighted by Crippen LogP contribution is 2.23. The Morgan fingerprint density at radius 3 is 2.76 bits per heavy atom. The lowest BCUT2D eigenvalue weighted by Crippen LogP contribution is -2.50. The highest BCUT2D eigenvalue weighted by Gasteiger charge is 2.33. The molecule has 0 spiro atoms. The van der Waals surface area contributed by atoms with Crippen molar-refractivity contribution in [3.05, 3.63) is 0 Å². The van der Waals surface area contributed by atoms with Crippen LogP contribution in [0.2, 0.25) is 0 Å². The number of carboxylic acid groups (broad SMARTS) is 1. The van der Waals surface area contributed by atoms with Crippen LogP contribution < -0.4 is 5.32 Å². The summed E-state index contributed by atoms with van der Waals surface area (Å²) in [7, 11) is 0. The number of carbonyl (C=O) groups is 2. The van der Waals surface area contributed by atoms with Crippen molar-refractivity contribution < 1.29 is 14.7 Å². The van der Waals surface area contributed by atoms with E-state index in [4.69, 9.17) is 0 Å². The fraction of sp³-hybridized carbons (Fsp3) is 0.833. The first kappa shape index (κ1) is 14.0. The fourth-order valence-electron chi connectivity index (χ4n) is 2.45. The second kappa shape index (κ2) is 6.59. The quantitative estimate of drug-likeness (QED) is 0.744. The smallest absolute Gasteiger partial charge is 0.321 e. The van der Waals surface area contributed by atoms with Gasteiger partial charge in [-0.05, 0) is 32.2 Å². The molecule has 0 aliphatic carbocycles. The summed E-state index contributed by atoms with van der Waals surface area (Å²) >= 11 is 0. The Labute approximate surface area is 102 Å². The van der Waals surface area contributed by atoms with Crippen molar-refractivity contribution in [2.24, 2.45) is 5.92 Å². The Hall–Kier alpha value is -1.10. The van der Waals surface area contributed by atoms with E-state index in [0.29, 0.717) is 19.5 Å². The number of nitrogens with zero attached hydrogens (tertiary/aromatic N) is 1. The van der Waals surface area contributed by atoms with Crippen molar-refractivity contribution in [3.8, 4) is 0 Å². The molecule has 17 heavy (non-hydrogen) atoms. The van der Waals surface area contributed by atoms with Crippen LogP contribution in [0.4, 0.5) is 0 Å². The lowest BCUT2D eigenvalue weighted by atomic mass is 9.90. The average Bonchev–Trinajstić information content (AvgIpc) is 2.26. The van der Waals surface area contributed by atoms with Gasteiger partial charge in [-0.1, -0.05) is 6.92 Å². The summed E-state index contributed by atoms with van der Waals surface area (Å²) in [6.07, 6.45) is 2.35. The van der Waals surface area contributed by atoms with Crippen LogP contribution in [0.5, 0.6) is 0 Å². The van der Waals surface area contributed by atoms with Crippen molar-refractivity contribution in [3.63, 3.8) is 0 Å². The molecular formula is C12H22N2O3. The van der Waals surface area contributed by atoms with Gasteiger partial charge in [0.25, 0.3) is 0 Å². The topological polar surface area (TPSA) is 69.6 Å². The van der Waals surface area contributed by atoms with Crippen molar-refractivity contribution in [1.29, 1.82) is 0 Å². The fourth-order valence-corrected chi connectivity index (χ4v) is 2.45. The largest absolute Gasteiger partial charge is 0.480 e. The van der Waals surface area contributed by atoms with Crippen molar-refractivity contribution in [2.45, 2.75) is 39.2 Å². The number of rotatable bonds is 5. The van der Waals surface area contributed by atoms with Crippen LogP contribution >= 0.6 is 0 Å². The molecule has 1 heterocycles. The molecule has 0 bridgehead atoms. The van der Waals surface area contributed by atoms with Gasteiger partial charge in [-0.25, -0.2) is 0 Å². The number of nitrogens with one attached hydrogen (secondary N) is 1. The van der Waals surface area contributed by atoms with Crippen LogP contribution in [0, 0.1) is 5.92 Å². The molecule has 1 saturated heterocycles. The van der Waals surface area contributed by atoms with Crippen LogP contribution in [-0.4, -0.2) is 47.6 Å². The van der Waals surface area contributed by atoms with E-state index in [0.717, 1.165) is 19.4 Å². The zero-order valence-corrected chi connectivity index (χ0v) is 10.6. The summed E-state index contributed by atoms with van der Waals surface area (Å²) in [6.45, 7) is 5.78. The molecule has 5 heteroatoms. The zero-order chi connectivity index (χ0) is 12.8. The first-order valence-corrected chi connectivity index (χ1v) is 6.29. The molecule has 98 valence electrons. The maximum Gasteiger partial charge on any atom is 0.321 e. The number of piperidine rings is 1. The van der Waals surface area contributed by atoms with Gasteiger partial charge in [-0.15, -0.1) is 0 Å². The van der Waals surface area contributed by atoms with Crippen LogP contribution in [0.3, 0.4) is 0 Å². The second-order valence-corrected chi connectivity index (χ2v) is 4.64. The van der Waals surface area contributed by atoms with Crippen LogP contribution in [0.1, 0.15) is 33.1 Å². The Balaban J connectivity index is 2.49. The number of amides is 1. The molecule has 1 aliphatic rings. The summed E-state index contributed by atoms with van der Waals surface area (Å²) in [5.41, 5.74) is 0. The summed E-state index contributed by atoms with van der Waals surface area (Å²) in [5, 5.41) is 11.9. The maximum absolute atomic E-state index is 11.4. The summed E-state index contributed by atoms with van der Waals surface area (Å²) in [4.78, 5) is 24.5. The molecule has 2 atom stereocenters. The highest BCUT2D eigenvalue weighted by molar-refractivity contribution is 5.76. The third-order valence-electron chi connectivity index (χ3n) is 3.29. The average molecular weight is 242 g/mol. The van der Waals surface area contributed by atoms with Crippen LogP contribution in [0.15, 0.2) is 0 Å². The minimum atomic E-state index is -0.770. The molecule has 0 aromatic carbocycles. The SMILES string of the molecule is CCNC(=O)CCN1CCCC(C)C1C(=O)O. The van der Waals surface area contributed by atoms with Gasteiger partial charge in [-0.2, -0.15) is 0 Å². The van der Waals surface area contributed by atoms with Gasteiger partial charge < -0.3 is 10.4 Å². The predicted molar refractivity (Wildman–Crippen MR) is 64.7 cm³/mol. The molecular weight excluding hydrogens is 220 g/mol. The Morgan fingerprint density at radius 2 is 2.18 bits per heavy atom. The van der Waals surface area contributed by atoms with Crippen molar-refractivity contribution >= 4 is 11.9 Å². The van der Waals surface area contributed by atoms with Gasteiger partial charge in [0.2, 0.25) is 5.91 Å². The Morgan fingerprint density at radius 1 is 1.47 bits per heavy atom. The molecule has 0 aromatic rings. The van der Waals surface area contributed by atoms with Gasteiger partial charge in [0.1, 0.15) is 6.04 Å². The van der Waals surface area contributed by atoms with Gasteiger partial charge in [0.05, 0.1) is 0 Å². The Kier molecular flexibility index (Phi) is 5.41. The maximum atomic E-state index is 11.4. The molecule has 0 radical (unpaired) electrons. The van der Waals surface area contributed by atoms with Crippen LogP contribution in [-0.2, 0) is 9.59 Å². The third-order valence-corrected chi connectivity index (χ3v) is 3.29. The molecule has 1 aliphatic heterocycles. The third kappa shape index (κ3) is 4.00. The molecule has 5 nitrogen and oxygen atoms in total. The summed E-state index contributed by atoms with van der Waals surface area (Å²) in [5.74, 6) is -0.613. The first-order valence-electron chi connectivity index (χ1n) is 6.29. The molecule has 1 rings (SSSR count). The minimum absolute atomic E-state index is 0.00475. The van der Waals surface area contributed by atoms with E-state index in [1.807, 2.05) is 18.7 Å². The highest BCUT2D eigenvalue weighted by atomic mass is 16.4. The lowest BCUT2D eigenvalue weighted by Gasteiger charge is -2.37. The molecule has 2 unspecified atom stereocenters. The van der Waals surface area contributed by atoms with Crippen molar-refractivity contribution in [1.82, 2.24) is 10.2 Å². The lowest BCUT2D eigenvalue weighted by molar-refractivity contribution is -0.147. The number of carbonyl (C=O) groups excluding carboxylic acids is 1. The van der Waals surface area contributed by atoms with E-state index in [9.17, 15) is 14.7 Å². The molecule has 2 N–H and O–H groups in total. The van der Waals surface area contributed by atoms with Gasteiger partial charge in [0, 0.05) is 19.5 Å². The normalized spacial score (nSPS) is 25.5. The number of carboxylic acids is 1. The van der Waals surface area contributed by atoms with E-state index in [-0.39, 0.29) is 11.8 Å². The van der Waals surface area contributed by atoms with Gasteiger partial charge in [-0.3, -0.25) is 14.5 Å². The van der Waals surface area contributed by atoms with E-state index >= 15 is 0 Å². The van der Waals surface area contributed by atoms with E-state index < -0.39 is 12.0 Å².